The van der Waals surface area contributed by atoms with Crippen LogP contribution < -0.4 is 25.9 Å². The van der Waals surface area contributed by atoms with Gasteiger partial charge in [-0.1, -0.05) is 0 Å². The average Bonchev–Trinajstić information content (AvgIpc) is 4.20. The van der Waals surface area contributed by atoms with E-state index in [0.717, 1.165) is 69.1 Å². The van der Waals surface area contributed by atoms with Gasteiger partial charge in [0.2, 0.25) is 0 Å². The van der Waals surface area contributed by atoms with Crippen molar-refractivity contribution in [2.75, 3.05) is 6.61 Å². The summed E-state index contributed by atoms with van der Waals surface area (Å²) in [6.45, 7) is 11.3. The van der Waals surface area contributed by atoms with Gasteiger partial charge in [-0.3, -0.25) is 0 Å². The van der Waals surface area contributed by atoms with E-state index in [1.54, 1.807) is 0 Å². The van der Waals surface area contributed by atoms with Crippen molar-refractivity contribution in [2.45, 2.75) is 209 Å². The van der Waals surface area contributed by atoms with Gasteiger partial charge in [0.1, 0.15) is 0 Å². The van der Waals surface area contributed by atoms with Gasteiger partial charge < -0.3 is 30.7 Å². The molecule has 4 heterocycles. The van der Waals surface area contributed by atoms with Crippen LogP contribution in [0.25, 0.3) is 0 Å². The number of aliphatic hydroxyl groups is 1. The first-order valence-corrected chi connectivity index (χ1v) is 38.5. The third-order valence-electron chi connectivity index (χ3n) is 16.6. The molecule has 16 heteroatoms. The van der Waals surface area contributed by atoms with Gasteiger partial charge in [-0.25, -0.2) is 0 Å². The second-order valence-corrected chi connectivity index (χ2v) is 40.0. The molecule has 10 rings (SSSR count). The average molecular weight is 1110 g/mol. The van der Waals surface area contributed by atoms with Gasteiger partial charge in [-0.15, -0.1) is 0 Å². The number of rotatable bonds is 18. The van der Waals surface area contributed by atoms with Crippen molar-refractivity contribution >= 4 is 40.2 Å². The number of epoxide rings is 3. The molecule has 4 aliphatic carbocycles. The van der Waals surface area contributed by atoms with E-state index in [9.17, 15) is 9.90 Å². The number of halogens is 1. The van der Waals surface area contributed by atoms with Crippen LogP contribution in [-0.2, 0) is 40.2 Å². The quantitative estimate of drug-likeness (QED) is 0.0704. The molecule has 0 amide bonds. The summed E-state index contributed by atoms with van der Waals surface area (Å²) in [6.07, 6.45) is 18.6. The predicted octanol–water partition coefficient (Wildman–Crippen LogP) is 7.21. The molecule has 4 saturated carbocycles. The Morgan fingerprint density at radius 2 is 0.940 bits per heavy atom. The van der Waals surface area contributed by atoms with Gasteiger partial charge in [0.05, 0.1) is 36.6 Å². The standard InChI is InChI=1S/C51H78IO11Si4/c1-35-6-12-40(13-7-35)52-41-14-16-42(17-15-41)55-34-51(54)59-47-30-36(8-18-43(47)53)22-26-64(2)60-65(3,27-23-37-9-19-44-48(31-37)56-44)62-67(5,29-25-39-11-21-46-50(33-39)58-46)63-66(4,61-64)28-24-38-10-20-45-49(32-38)57-45/h6-7,12-17,36-39,43-50,53H,8-11,18-34H2,1-5H3/q-1. The molecule has 0 spiro atoms. The Bertz CT molecular complexity index is 1950. The minimum atomic E-state index is -2.89. The molecule has 372 valence electrons. The summed E-state index contributed by atoms with van der Waals surface area (Å²) in [5, 5.41) is 11.1. The first kappa shape index (κ1) is 49.6. The van der Waals surface area contributed by atoms with Crippen molar-refractivity contribution in [1.29, 1.82) is 0 Å². The molecule has 67 heavy (non-hydrogen) atoms. The summed E-state index contributed by atoms with van der Waals surface area (Å²) in [5.41, 5.74) is 1.26. The maximum atomic E-state index is 13.2. The maximum absolute atomic E-state index is 13.2. The van der Waals surface area contributed by atoms with Crippen molar-refractivity contribution < 1.29 is 71.3 Å². The molecule has 2 aromatic rings. The van der Waals surface area contributed by atoms with Gasteiger partial charge >= 0.3 is 205 Å². The number of hydrogen-bond acceptors (Lipinski definition) is 11. The van der Waals surface area contributed by atoms with E-state index < -0.39 is 52.4 Å². The Morgan fingerprint density at radius 1 is 0.552 bits per heavy atom. The summed E-state index contributed by atoms with van der Waals surface area (Å²) in [4.78, 5) is 13.2. The molecular formula is C51H78IO11Si4-. The van der Waals surface area contributed by atoms with Gasteiger partial charge in [0, 0.05) is 0 Å². The van der Waals surface area contributed by atoms with Crippen LogP contribution in [-0.4, -0.2) is 101 Å². The number of benzene rings is 2. The van der Waals surface area contributed by atoms with E-state index >= 15 is 0 Å². The molecule has 8 fully saturated rings. The fourth-order valence-corrected chi connectivity index (χ4v) is 38.6. The third-order valence-corrected chi connectivity index (χ3v) is 37.9. The molecule has 14 atom stereocenters. The molecule has 1 N–H and O–H groups in total. The van der Waals surface area contributed by atoms with Crippen LogP contribution in [0.15, 0.2) is 48.5 Å². The molecule has 0 aromatic heterocycles. The van der Waals surface area contributed by atoms with E-state index in [-0.39, 0.29) is 33.7 Å². The van der Waals surface area contributed by atoms with Crippen molar-refractivity contribution in [2.24, 2.45) is 23.7 Å². The molecule has 8 aliphatic rings. The van der Waals surface area contributed by atoms with E-state index in [2.05, 4.69) is 69.5 Å². The van der Waals surface area contributed by atoms with Crippen molar-refractivity contribution in [1.82, 2.24) is 0 Å². The Labute approximate surface area is 415 Å². The van der Waals surface area contributed by atoms with E-state index in [0.29, 0.717) is 73.0 Å². The molecule has 11 nitrogen and oxygen atoms in total. The molecule has 14 unspecified atom stereocenters. The number of carbonyl (C=O) groups is 1. The third kappa shape index (κ3) is 13.5. The first-order valence-electron chi connectivity index (χ1n) is 26.2. The van der Waals surface area contributed by atoms with E-state index in [1.807, 2.05) is 12.1 Å². The van der Waals surface area contributed by atoms with Crippen LogP contribution in [0.3, 0.4) is 0 Å². The number of esters is 1. The minimum absolute atomic E-state index is 0.193. The summed E-state index contributed by atoms with van der Waals surface area (Å²) in [5.74, 6) is 2.40. The van der Waals surface area contributed by atoms with Crippen LogP contribution in [0.2, 0.25) is 50.4 Å². The summed E-state index contributed by atoms with van der Waals surface area (Å²) >= 11 is -0.290. The SMILES string of the molecule is Cc1ccc([I-]c2ccc(OCC(=O)OC3CC(CC[Si]4(C)O[Si](C)(CCC5CCC6OC6C5)O[Si](C)(CCC5CCC6OC6C5)O[Si](C)(CCC5CCC6OC6C5)O4)CCC3O)cc2)cc1. The fourth-order valence-electron chi connectivity index (χ4n) is 12.7. The van der Waals surface area contributed by atoms with Crippen LogP contribution in [0, 0.1) is 37.7 Å². The number of fused-ring (bicyclic) bond motifs is 3. The molecular weight excluding hydrogens is 1030 g/mol. The second kappa shape index (κ2) is 20.8. The monoisotopic (exact) mass is 1110 g/mol. The Balaban J connectivity index is 0.794. The Morgan fingerprint density at radius 3 is 1.36 bits per heavy atom. The van der Waals surface area contributed by atoms with Gasteiger partial charge in [-0.2, -0.15) is 0 Å². The molecule has 4 aliphatic heterocycles. The molecule has 0 bridgehead atoms. The van der Waals surface area contributed by atoms with Crippen molar-refractivity contribution in [3.05, 3.63) is 61.2 Å². The fraction of sp³-hybridized carbons (Fsp3) is 0.745. The van der Waals surface area contributed by atoms with Crippen molar-refractivity contribution in [3.63, 3.8) is 0 Å². The first-order chi connectivity index (χ1) is 32.1. The molecule has 0 radical (unpaired) electrons. The number of aryl methyl sites for hydroxylation is 1. The number of ether oxygens (including phenoxy) is 5. The zero-order valence-electron chi connectivity index (χ0n) is 40.8. The van der Waals surface area contributed by atoms with E-state index in [4.69, 9.17) is 40.1 Å². The van der Waals surface area contributed by atoms with Gasteiger partial charge in [0.15, 0.2) is 0 Å². The van der Waals surface area contributed by atoms with Gasteiger partial charge in [-0.05, 0) is 145 Å². The Hall–Kier alpha value is -1.01. The number of carbonyl (C=O) groups excluding carboxylic acids is 1. The Kier molecular flexibility index (Phi) is 15.4. The van der Waals surface area contributed by atoms with Crippen LogP contribution in [0.5, 0.6) is 5.75 Å². The summed E-state index contributed by atoms with van der Waals surface area (Å²) in [7, 11) is -11.2. The predicted molar refractivity (Wildman–Crippen MR) is 260 cm³/mol. The van der Waals surface area contributed by atoms with Gasteiger partial charge in [0.25, 0.3) is 0 Å². The zero-order valence-corrected chi connectivity index (χ0v) is 47.0. The van der Waals surface area contributed by atoms with Crippen molar-refractivity contribution in [3.8, 4) is 5.75 Å². The molecule has 4 saturated heterocycles. The molecule has 2 aromatic carbocycles. The van der Waals surface area contributed by atoms with Crippen LogP contribution >= 0.6 is 0 Å². The second-order valence-electron chi connectivity index (χ2n) is 22.7. The zero-order chi connectivity index (χ0) is 46.4. The normalized spacial score (nSPS) is 42.3. The number of hydrogen-bond donors (Lipinski definition) is 1. The number of aliphatic hydroxyl groups excluding tert-OH is 1. The van der Waals surface area contributed by atoms with Crippen LogP contribution in [0.4, 0.5) is 0 Å². The summed E-state index contributed by atoms with van der Waals surface area (Å²) in [6, 6.07) is 20.5. The van der Waals surface area contributed by atoms with E-state index in [1.165, 1.54) is 57.6 Å². The topological polar surface area (TPSA) is 130 Å². The van der Waals surface area contributed by atoms with Crippen LogP contribution in [0.1, 0.15) is 108 Å². The summed E-state index contributed by atoms with van der Waals surface area (Å²) < 4.78 is 63.3.